The molecule has 3 aromatic carbocycles. The molecule has 3 aromatic heterocycles. The van der Waals surface area contributed by atoms with Crippen molar-refractivity contribution < 1.29 is 0 Å². The summed E-state index contributed by atoms with van der Waals surface area (Å²) in [5, 5.41) is 4.74. The van der Waals surface area contributed by atoms with E-state index in [0.717, 1.165) is 29.4 Å². The predicted molar refractivity (Wildman–Crippen MR) is 130 cm³/mol. The molecule has 0 unspecified atom stereocenters. The van der Waals surface area contributed by atoms with Gasteiger partial charge in [0.1, 0.15) is 5.65 Å². The Morgan fingerprint density at radius 2 is 1.52 bits per heavy atom. The van der Waals surface area contributed by atoms with Crippen LogP contribution < -0.4 is 0 Å². The third kappa shape index (κ3) is 2.59. The van der Waals surface area contributed by atoms with Crippen LogP contribution in [0.25, 0.3) is 49.5 Å². The number of aromatic nitrogens is 3. The minimum Gasteiger partial charge on any atom is -0.292 e. The van der Waals surface area contributed by atoms with Gasteiger partial charge in [0.05, 0.1) is 22.9 Å². The van der Waals surface area contributed by atoms with Crippen LogP contribution in [0.1, 0.15) is 25.0 Å². The average Bonchev–Trinajstić information content (AvgIpc) is 3.27. The van der Waals surface area contributed by atoms with E-state index in [0.29, 0.717) is 0 Å². The van der Waals surface area contributed by atoms with Crippen LogP contribution in [-0.2, 0) is 12.8 Å². The topological polar surface area (TPSA) is 30.2 Å². The molecule has 0 bridgehead atoms. The SMILES string of the molecule is CCc1cccc(CC)c1-c1cnc2c3ccccc3c3cc4ncccc4cc3n12. The Balaban J connectivity index is 1.86. The van der Waals surface area contributed by atoms with Gasteiger partial charge in [-0.1, -0.05) is 62.4 Å². The molecule has 6 aromatic rings. The number of rotatable bonds is 3. The highest BCUT2D eigenvalue weighted by atomic mass is 15.0. The molecule has 0 fully saturated rings. The van der Waals surface area contributed by atoms with E-state index in [9.17, 15) is 0 Å². The van der Waals surface area contributed by atoms with E-state index in [-0.39, 0.29) is 0 Å². The quantitative estimate of drug-likeness (QED) is 0.236. The van der Waals surface area contributed by atoms with Crippen molar-refractivity contribution in [1.82, 2.24) is 14.4 Å². The van der Waals surface area contributed by atoms with Crippen molar-refractivity contribution in [2.75, 3.05) is 0 Å². The number of fused-ring (bicyclic) bond motifs is 7. The molecule has 0 N–H and O–H groups in total. The monoisotopic (exact) mass is 401 g/mol. The molecular weight excluding hydrogens is 378 g/mol. The standard InChI is InChI=1S/C28H23N3/c1-3-18-9-7-10-19(4-2)27(18)26-17-30-28-22-13-6-5-12-21(22)23-16-24-20(11-8-14-29-24)15-25(23)31(26)28/h5-17H,3-4H2,1-2H3. The van der Waals surface area contributed by atoms with Crippen LogP contribution in [0.15, 0.2) is 79.1 Å². The molecule has 0 aliphatic carbocycles. The molecule has 3 heterocycles. The summed E-state index contributed by atoms with van der Waals surface area (Å²) in [6, 6.07) is 23.9. The fourth-order valence-electron chi connectivity index (χ4n) is 4.96. The van der Waals surface area contributed by atoms with Gasteiger partial charge in [-0.3, -0.25) is 9.38 Å². The summed E-state index contributed by atoms with van der Waals surface area (Å²) < 4.78 is 2.36. The average molecular weight is 402 g/mol. The highest BCUT2D eigenvalue weighted by Gasteiger charge is 2.18. The van der Waals surface area contributed by atoms with Gasteiger partial charge in [0.2, 0.25) is 0 Å². The molecule has 0 saturated heterocycles. The Kier molecular flexibility index (Phi) is 4.03. The number of nitrogens with zero attached hydrogens (tertiary/aromatic N) is 3. The van der Waals surface area contributed by atoms with Gasteiger partial charge in [-0.15, -0.1) is 0 Å². The summed E-state index contributed by atoms with van der Waals surface area (Å²) in [5.41, 5.74) is 8.43. The van der Waals surface area contributed by atoms with Crippen molar-refractivity contribution in [3.8, 4) is 11.3 Å². The van der Waals surface area contributed by atoms with Gasteiger partial charge in [-0.2, -0.15) is 0 Å². The van der Waals surface area contributed by atoms with E-state index in [1.54, 1.807) is 0 Å². The Labute approximate surface area is 181 Å². The minimum absolute atomic E-state index is 0.995. The van der Waals surface area contributed by atoms with Crippen LogP contribution in [0.3, 0.4) is 0 Å². The Morgan fingerprint density at radius 3 is 2.29 bits per heavy atom. The smallest absolute Gasteiger partial charge is 0.145 e. The van der Waals surface area contributed by atoms with E-state index >= 15 is 0 Å². The fourth-order valence-corrected chi connectivity index (χ4v) is 4.96. The highest BCUT2D eigenvalue weighted by molar-refractivity contribution is 6.15. The molecule has 0 aliphatic heterocycles. The third-order valence-corrected chi connectivity index (χ3v) is 6.44. The molecule has 0 saturated carbocycles. The van der Waals surface area contributed by atoms with Crippen LogP contribution in [-0.4, -0.2) is 14.4 Å². The third-order valence-electron chi connectivity index (χ3n) is 6.44. The summed E-state index contributed by atoms with van der Waals surface area (Å²) in [7, 11) is 0. The first-order chi connectivity index (χ1) is 15.3. The lowest BCUT2D eigenvalue weighted by Gasteiger charge is -2.16. The van der Waals surface area contributed by atoms with Crippen LogP contribution in [0.5, 0.6) is 0 Å². The Bertz CT molecular complexity index is 1590. The van der Waals surface area contributed by atoms with Gasteiger partial charge in [0, 0.05) is 27.9 Å². The number of hydrogen-bond donors (Lipinski definition) is 0. The Morgan fingerprint density at radius 1 is 0.742 bits per heavy atom. The molecule has 0 spiro atoms. The van der Waals surface area contributed by atoms with Crippen LogP contribution in [0.2, 0.25) is 0 Å². The van der Waals surface area contributed by atoms with E-state index in [2.05, 4.69) is 90.1 Å². The van der Waals surface area contributed by atoms with Crippen LogP contribution in [0, 0.1) is 0 Å². The maximum atomic E-state index is 4.95. The summed E-state index contributed by atoms with van der Waals surface area (Å²) >= 11 is 0. The maximum absolute atomic E-state index is 4.95. The van der Waals surface area contributed by atoms with Gasteiger partial charge in [-0.25, -0.2) is 4.98 Å². The van der Waals surface area contributed by atoms with Crippen molar-refractivity contribution in [1.29, 1.82) is 0 Å². The second-order valence-electron chi connectivity index (χ2n) is 8.07. The molecular formula is C28H23N3. The molecule has 150 valence electrons. The first-order valence-corrected chi connectivity index (χ1v) is 11.0. The molecule has 3 heteroatoms. The minimum atomic E-state index is 0.995. The fraction of sp³-hybridized carbons (Fsp3) is 0.143. The predicted octanol–water partition coefficient (Wildman–Crippen LogP) is 6.98. The van der Waals surface area contributed by atoms with Crippen molar-refractivity contribution in [3.05, 3.63) is 90.3 Å². The number of benzene rings is 3. The summed E-state index contributed by atoms with van der Waals surface area (Å²) in [4.78, 5) is 9.57. The lowest BCUT2D eigenvalue weighted by atomic mass is 9.95. The number of hydrogen-bond acceptors (Lipinski definition) is 2. The van der Waals surface area contributed by atoms with E-state index < -0.39 is 0 Å². The van der Waals surface area contributed by atoms with Crippen molar-refractivity contribution in [2.45, 2.75) is 26.7 Å². The van der Waals surface area contributed by atoms with Crippen LogP contribution in [0.4, 0.5) is 0 Å². The van der Waals surface area contributed by atoms with Crippen molar-refractivity contribution in [2.24, 2.45) is 0 Å². The van der Waals surface area contributed by atoms with E-state index in [1.165, 1.54) is 44.1 Å². The normalized spacial score (nSPS) is 11.8. The molecule has 31 heavy (non-hydrogen) atoms. The summed E-state index contributed by atoms with van der Waals surface area (Å²) in [6.07, 6.45) is 5.91. The second kappa shape index (κ2) is 6.92. The molecule has 0 radical (unpaired) electrons. The van der Waals surface area contributed by atoms with Gasteiger partial charge < -0.3 is 0 Å². The number of imidazole rings is 1. The Hall–Kier alpha value is -3.72. The van der Waals surface area contributed by atoms with E-state index in [1.807, 2.05) is 12.3 Å². The zero-order valence-corrected chi connectivity index (χ0v) is 17.8. The summed E-state index contributed by atoms with van der Waals surface area (Å²) in [6.45, 7) is 4.46. The lowest BCUT2D eigenvalue weighted by Crippen LogP contribution is -1.99. The lowest BCUT2D eigenvalue weighted by molar-refractivity contribution is 1.08. The summed E-state index contributed by atoms with van der Waals surface area (Å²) in [5.74, 6) is 0. The number of pyridine rings is 2. The molecule has 0 amide bonds. The second-order valence-corrected chi connectivity index (χ2v) is 8.07. The molecule has 3 nitrogen and oxygen atoms in total. The first-order valence-electron chi connectivity index (χ1n) is 11.0. The van der Waals surface area contributed by atoms with Crippen molar-refractivity contribution in [3.63, 3.8) is 0 Å². The van der Waals surface area contributed by atoms with Gasteiger partial charge in [0.25, 0.3) is 0 Å². The first kappa shape index (κ1) is 18.1. The van der Waals surface area contributed by atoms with Crippen molar-refractivity contribution >= 4 is 38.2 Å². The molecule has 6 rings (SSSR count). The van der Waals surface area contributed by atoms with Crippen LogP contribution >= 0.6 is 0 Å². The highest BCUT2D eigenvalue weighted by Crippen LogP contribution is 2.37. The molecule has 0 atom stereocenters. The molecule has 0 aliphatic rings. The van der Waals surface area contributed by atoms with Gasteiger partial charge in [-0.05, 0) is 47.6 Å². The zero-order chi connectivity index (χ0) is 20.9. The largest absolute Gasteiger partial charge is 0.292 e. The van der Waals surface area contributed by atoms with Gasteiger partial charge >= 0.3 is 0 Å². The number of aryl methyl sites for hydroxylation is 2. The zero-order valence-electron chi connectivity index (χ0n) is 17.8. The maximum Gasteiger partial charge on any atom is 0.145 e. The van der Waals surface area contributed by atoms with Gasteiger partial charge in [0.15, 0.2) is 0 Å². The van der Waals surface area contributed by atoms with E-state index in [4.69, 9.17) is 4.98 Å².